The van der Waals surface area contributed by atoms with Gasteiger partial charge in [-0.25, -0.2) is 0 Å². The Hall–Kier alpha value is -3.22. The maximum absolute atomic E-state index is 13.6. The molecule has 0 radical (unpaired) electrons. The van der Waals surface area contributed by atoms with Crippen molar-refractivity contribution in [2.45, 2.75) is 25.5 Å². The molecule has 1 heterocycles. The molecule has 0 saturated heterocycles. The molecule has 3 aromatic rings. The molecule has 0 aliphatic carbocycles. The molecular weight excluding hydrogens is 464 g/mol. The molecule has 0 fully saturated rings. The van der Waals surface area contributed by atoms with E-state index in [1.54, 1.807) is 14.2 Å². The second-order valence-corrected chi connectivity index (χ2v) is 9.30. The highest BCUT2D eigenvalue weighted by atomic mass is 35.5. The van der Waals surface area contributed by atoms with Gasteiger partial charge in [0, 0.05) is 37.6 Å². The zero-order valence-corrected chi connectivity index (χ0v) is 21.5. The Morgan fingerprint density at radius 1 is 1.03 bits per heavy atom. The fraction of sp³-hybridized carbons (Fsp3) is 0.321. The van der Waals surface area contributed by atoms with Gasteiger partial charge in [0.15, 0.2) is 11.5 Å². The van der Waals surface area contributed by atoms with Crippen molar-refractivity contribution in [2.24, 2.45) is 0 Å². The van der Waals surface area contributed by atoms with Gasteiger partial charge in [-0.15, -0.1) is 0 Å². The maximum Gasteiger partial charge on any atom is 0.232 e. The number of halogens is 1. The maximum atomic E-state index is 13.6. The fourth-order valence-corrected chi connectivity index (χ4v) is 4.41. The number of hydrogen-bond acceptors (Lipinski definition) is 5. The number of hydrogen-bond donors (Lipinski definition) is 0. The van der Waals surface area contributed by atoms with Crippen LogP contribution < -0.4 is 19.3 Å². The molecule has 184 valence electrons. The highest BCUT2D eigenvalue weighted by Gasteiger charge is 2.36. The van der Waals surface area contributed by atoms with Crippen molar-refractivity contribution in [3.63, 3.8) is 0 Å². The van der Waals surface area contributed by atoms with Crippen LogP contribution in [-0.4, -0.2) is 46.9 Å². The van der Waals surface area contributed by atoms with Gasteiger partial charge in [0.2, 0.25) is 5.91 Å². The first kappa shape index (κ1) is 24.9. The van der Waals surface area contributed by atoms with E-state index < -0.39 is 0 Å². The van der Waals surface area contributed by atoms with Crippen LogP contribution in [0.2, 0.25) is 5.02 Å². The lowest BCUT2D eigenvalue weighted by Crippen LogP contribution is -2.41. The molecule has 3 aromatic carbocycles. The molecule has 2 unspecified atom stereocenters. The Balaban J connectivity index is 1.84. The number of anilines is 2. The summed E-state index contributed by atoms with van der Waals surface area (Å²) in [4.78, 5) is 17.5. The number of rotatable bonds is 8. The number of fused-ring (bicyclic) bond motifs is 1. The molecule has 0 N–H and O–H groups in total. The first-order valence-corrected chi connectivity index (χ1v) is 11.9. The van der Waals surface area contributed by atoms with E-state index in [0.717, 1.165) is 28.1 Å². The Morgan fingerprint density at radius 2 is 1.71 bits per heavy atom. The Morgan fingerprint density at radius 3 is 2.31 bits per heavy atom. The highest BCUT2D eigenvalue weighted by molar-refractivity contribution is 6.30. The lowest BCUT2D eigenvalue weighted by Gasteiger charge is -2.38. The minimum Gasteiger partial charge on any atom is -0.493 e. The summed E-state index contributed by atoms with van der Waals surface area (Å²) in [7, 11) is 7.24. The van der Waals surface area contributed by atoms with Crippen LogP contribution >= 0.6 is 11.6 Å². The van der Waals surface area contributed by atoms with Crippen LogP contribution in [0.1, 0.15) is 29.7 Å². The number of methoxy groups -OCH3 is 2. The van der Waals surface area contributed by atoms with Gasteiger partial charge in [-0.2, -0.15) is 0 Å². The average Bonchev–Trinajstić information content (AvgIpc) is 2.86. The van der Waals surface area contributed by atoms with Crippen LogP contribution in [0.25, 0.3) is 0 Å². The van der Waals surface area contributed by atoms with Gasteiger partial charge in [0.25, 0.3) is 0 Å². The number of ether oxygens (including phenoxy) is 3. The molecule has 2 atom stereocenters. The molecule has 35 heavy (non-hydrogen) atoms. The molecule has 0 bridgehead atoms. The quantitative estimate of drug-likeness (QED) is 0.413. The monoisotopic (exact) mass is 494 g/mol. The van der Waals surface area contributed by atoms with Crippen LogP contribution in [0.15, 0.2) is 60.7 Å². The third-order valence-corrected chi connectivity index (χ3v) is 6.55. The van der Waals surface area contributed by atoms with Gasteiger partial charge in [-0.05, 0) is 72.1 Å². The van der Waals surface area contributed by atoms with Crippen molar-refractivity contribution < 1.29 is 19.0 Å². The molecule has 0 spiro atoms. The number of carbonyl (C=O) groups excluding carboxylic acids is 1. The minimum atomic E-state index is -0.346. The average molecular weight is 495 g/mol. The van der Waals surface area contributed by atoms with Gasteiger partial charge in [0.05, 0.1) is 25.7 Å². The summed E-state index contributed by atoms with van der Waals surface area (Å²) in [5.74, 6) is 1.23. The van der Waals surface area contributed by atoms with Crippen LogP contribution in [0.3, 0.4) is 0 Å². The molecule has 1 aliphatic heterocycles. The summed E-state index contributed by atoms with van der Waals surface area (Å²) >= 11 is 6.20. The number of carbonyl (C=O) groups is 1. The van der Waals surface area contributed by atoms with E-state index in [0.29, 0.717) is 23.1 Å². The molecule has 4 rings (SSSR count). The topological polar surface area (TPSA) is 51.2 Å². The van der Waals surface area contributed by atoms with Gasteiger partial charge in [-0.3, -0.25) is 4.79 Å². The van der Waals surface area contributed by atoms with E-state index in [1.807, 2.05) is 91.5 Å². The summed E-state index contributed by atoms with van der Waals surface area (Å²) in [5, 5.41) is 0.644. The lowest BCUT2D eigenvalue weighted by molar-refractivity contribution is -0.118. The van der Waals surface area contributed by atoms with E-state index in [9.17, 15) is 4.79 Å². The SMILES string of the molecule is COc1cc2c(cc1OCC(C)OC)C(c1ccc(Cl)cc1)N(c1ccc(N(C)C)cc1)C(=O)C2. The van der Waals surface area contributed by atoms with E-state index in [1.165, 1.54) is 0 Å². The summed E-state index contributed by atoms with van der Waals surface area (Å²) in [6.45, 7) is 2.32. The van der Waals surface area contributed by atoms with Gasteiger partial charge < -0.3 is 24.0 Å². The zero-order valence-electron chi connectivity index (χ0n) is 20.7. The number of nitrogens with zero attached hydrogens (tertiary/aromatic N) is 2. The van der Waals surface area contributed by atoms with Crippen LogP contribution in [0, 0.1) is 0 Å². The molecule has 7 heteroatoms. The van der Waals surface area contributed by atoms with Crippen LogP contribution in [0.5, 0.6) is 11.5 Å². The first-order valence-electron chi connectivity index (χ1n) is 11.5. The van der Waals surface area contributed by atoms with Crippen molar-refractivity contribution in [3.8, 4) is 11.5 Å². The van der Waals surface area contributed by atoms with E-state index >= 15 is 0 Å². The fourth-order valence-electron chi connectivity index (χ4n) is 4.28. The third-order valence-electron chi connectivity index (χ3n) is 6.29. The molecule has 0 aromatic heterocycles. The largest absolute Gasteiger partial charge is 0.493 e. The van der Waals surface area contributed by atoms with Gasteiger partial charge >= 0.3 is 0 Å². The van der Waals surface area contributed by atoms with Gasteiger partial charge in [-0.1, -0.05) is 23.7 Å². The third kappa shape index (κ3) is 5.24. The number of benzene rings is 3. The summed E-state index contributed by atoms with van der Waals surface area (Å²) in [6.07, 6.45) is 0.191. The second kappa shape index (κ2) is 10.6. The predicted molar refractivity (Wildman–Crippen MR) is 140 cm³/mol. The normalized spacial score (nSPS) is 16.0. The molecule has 6 nitrogen and oxygen atoms in total. The Kier molecular flexibility index (Phi) is 7.53. The molecule has 1 aliphatic rings. The summed E-state index contributed by atoms with van der Waals surface area (Å²) in [6, 6.07) is 19.2. The Labute approximate surface area is 212 Å². The summed E-state index contributed by atoms with van der Waals surface area (Å²) in [5.41, 5.74) is 4.76. The van der Waals surface area contributed by atoms with Crippen molar-refractivity contribution in [3.05, 3.63) is 82.4 Å². The molecule has 0 saturated carbocycles. The van der Waals surface area contributed by atoms with Crippen molar-refractivity contribution in [2.75, 3.05) is 44.7 Å². The molecular formula is C28H31ClN2O4. The smallest absolute Gasteiger partial charge is 0.232 e. The standard InChI is InChI=1S/C28H31ClN2O4/c1-18(33-4)17-35-26-16-24-20(14-25(26)34-5)15-27(32)31(23-12-10-22(11-13-23)30(2)3)28(24)19-6-8-21(29)9-7-19/h6-14,16,18,28H,15,17H2,1-5H3. The van der Waals surface area contributed by atoms with E-state index in [4.69, 9.17) is 25.8 Å². The summed E-state index contributed by atoms with van der Waals surface area (Å²) < 4.78 is 17.0. The van der Waals surface area contributed by atoms with Crippen molar-refractivity contribution >= 4 is 28.9 Å². The second-order valence-electron chi connectivity index (χ2n) is 8.86. The van der Waals surface area contributed by atoms with E-state index in [-0.39, 0.29) is 24.5 Å². The van der Waals surface area contributed by atoms with Crippen LogP contribution in [0.4, 0.5) is 11.4 Å². The highest BCUT2D eigenvalue weighted by Crippen LogP contribution is 2.43. The first-order chi connectivity index (χ1) is 16.8. The van der Waals surface area contributed by atoms with Crippen molar-refractivity contribution in [1.29, 1.82) is 0 Å². The van der Waals surface area contributed by atoms with Crippen LogP contribution in [-0.2, 0) is 16.0 Å². The molecule has 1 amide bonds. The van der Waals surface area contributed by atoms with Gasteiger partial charge in [0.1, 0.15) is 6.61 Å². The lowest BCUT2D eigenvalue weighted by atomic mass is 9.87. The Bertz CT molecular complexity index is 1180. The number of amides is 1. The van der Waals surface area contributed by atoms with E-state index in [2.05, 4.69) is 0 Å². The minimum absolute atomic E-state index is 0.0128. The van der Waals surface area contributed by atoms with Crippen molar-refractivity contribution in [1.82, 2.24) is 0 Å². The predicted octanol–water partition coefficient (Wildman–Crippen LogP) is 5.51. The zero-order chi connectivity index (χ0) is 25.1.